The van der Waals surface area contributed by atoms with Gasteiger partial charge in [-0.2, -0.15) is 13.2 Å². The number of aromatic nitrogens is 1. The number of rotatable bonds is 0. The van der Waals surface area contributed by atoms with E-state index in [9.17, 15) is 13.2 Å². The van der Waals surface area contributed by atoms with E-state index in [1.54, 1.807) is 12.1 Å². The highest BCUT2D eigenvalue weighted by molar-refractivity contribution is 6.32. The first-order chi connectivity index (χ1) is 7.00. The number of hydrogen-bond donors (Lipinski definition) is 0. The summed E-state index contributed by atoms with van der Waals surface area (Å²) in [5.74, 6) is 0. The molecular formula is C10H5BF3N. The van der Waals surface area contributed by atoms with Crippen LogP contribution in [0.5, 0.6) is 0 Å². The summed E-state index contributed by atoms with van der Waals surface area (Å²) in [5, 5.41) is 0.511. The Bertz CT molecular complexity index is 507. The van der Waals surface area contributed by atoms with Gasteiger partial charge in [-0.15, -0.1) is 0 Å². The van der Waals surface area contributed by atoms with Crippen LogP contribution in [0.3, 0.4) is 0 Å². The number of pyridine rings is 1. The molecule has 0 amide bonds. The molecule has 1 aromatic heterocycles. The standard InChI is InChI=1S/C10H5BF3N/c11-9-8(10(12,13)14)7-4-2-1-3-6(7)5-15-9/h1-5H. The first kappa shape index (κ1) is 10.0. The van der Waals surface area contributed by atoms with Crippen LogP contribution in [0.15, 0.2) is 30.5 Å². The van der Waals surface area contributed by atoms with Crippen molar-refractivity contribution in [1.82, 2.24) is 4.98 Å². The average Bonchev–Trinajstić information content (AvgIpc) is 2.15. The number of alkyl halides is 3. The van der Waals surface area contributed by atoms with Crippen molar-refractivity contribution >= 4 is 24.2 Å². The fourth-order valence-electron chi connectivity index (χ4n) is 1.48. The summed E-state index contributed by atoms with van der Waals surface area (Å²) in [6, 6.07) is 6.14. The van der Waals surface area contributed by atoms with Gasteiger partial charge in [0.15, 0.2) is 0 Å². The molecule has 15 heavy (non-hydrogen) atoms. The molecule has 1 heterocycles. The molecule has 0 unspecified atom stereocenters. The van der Waals surface area contributed by atoms with E-state index in [-0.39, 0.29) is 5.39 Å². The van der Waals surface area contributed by atoms with Crippen LogP contribution in [0.2, 0.25) is 0 Å². The average molecular weight is 207 g/mol. The smallest absolute Gasteiger partial charge is 0.272 e. The fraction of sp³-hybridized carbons (Fsp3) is 0.100. The van der Waals surface area contributed by atoms with Crippen molar-refractivity contribution in [3.05, 3.63) is 36.0 Å². The Kier molecular flexibility index (Phi) is 2.18. The molecule has 0 saturated heterocycles. The zero-order valence-electron chi connectivity index (χ0n) is 7.55. The van der Waals surface area contributed by atoms with Crippen LogP contribution in [0.1, 0.15) is 5.56 Å². The molecule has 0 fully saturated rings. The summed E-state index contributed by atoms with van der Waals surface area (Å²) in [4.78, 5) is 3.53. The molecule has 1 nitrogen and oxygen atoms in total. The third-order valence-electron chi connectivity index (χ3n) is 2.11. The number of hydrogen-bond acceptors (Lipinski definition) is 1. The van der Waals surface area contributed by atoms with Gasteiger partial charge < -0.3 is 0 Å². The highest BCUT2D eigenvalue weighted by Gasteiger charge is 2.34. The van der Waals surface area contributed by atoms with Crippen molar-refractivity contribution in [1.29, 1.82) is 0 Å². The SMILES string of the molecule is [B]c1ncc2ccccc2c1C(F)(F)F. The van der Waals surface area contributed by atoms with E-state index in [4.69, 9.17) is 7.85 Å². The van der Waals surface area contributed by atoms with E-state index in [1.165, 1.54) is 18.3 Å². The van der Waals surface area contributed by atoms with Crippen LogP contribution in [-0.4, -0.2) is 12.8 Å². The van der Waals surface area contributed by atoms with Crippen LogP contribution >= 0.6 is 0 Å². The summed E-state index contributed by atoms with van der Waals surface area (Å²) < 4.78 is 38.0. The van der Waals surface area contributed by atoms with Crippen LogP contribution in [0.4, 0.5) is 13.2 Å². The molecule has 1 aromatic carbocycles. The molecule has 2 rings (SSSR count). The highest BCUT2D eigenvalue weighted by atomic mass is 19.4. The van der Waals surface area contributed by atoms with Gasteiger partial charge in [0, 0.05) is 17.2 Å². The summed E-state index contributed by atoms with van der Waals surface area (Å²) in [5.41, 5.74) is -1.35. The molecular weight excluding hydrogens is 202 g/mol. The molecule has 0 aliphatic heterocycles. The van der Waals surface area contributed by atoms with Gasteiger partial charge in [-0.25, -0.2) is 0 Å². The summed E-state index contributed by atoms with van der Waals surface area (Å²) in [6.45, 7) is 0. The second-order valence-electron chi connectivity index (χ2n) is 3.10. The zero-order chi connectivity index (χ0) is 11.1. The minimum Gasteiger partial charge on any atom is -0.272 e. The Labute approximate surface area is 85.3 Å². The lowest BCUT2D eigenvalue weighted by molar-refractivity contribution is -0.135. The summed E-state index contributed by atoms with van der Waals surface area (Å²) in [6.07, 6.45) is -3.14. The van der Waals surface area contributed by atoms with Gasteiger partial charge in [0.2, 0.25) is 0 Å². The second-order valence-corrected chi connectivity index (χ2v) is 3.10. The molecule has 0 aliphatic carbocycles. The second kappa shape index (κ2) is 3.26. The van der Waals surface area contributed by atoms with Crippen molar-refractivity contribution in [3.8, 4) is 0 Å². The molecule has 2 radical (unpaired) electrons. The maximum absolute atomic E-state index is 12.7. The minimum atomic E-state index is -4.47. The third kappa shape index (κ3) is 1.69. The summed E-state index contributed by atoms with van der Waals surface area (Å²) >= 11 is 0. The van der Waals surface area contributed by atoms with E-state index in [0.717, 1.165) is 0 Å². The normalized spacial score (nSPS) is 11.9. The number of benzene rings is 1. The number of nitrogens with zero attached hydrogens (tertiary/aromatic N) is 1. The topological polar surface area (TPSA) is 12.9 Å². The minimum absolute atomic E-state index is 0.0810. The van der Waals surface area contributed by atoms with E-state index in [0.29, 0.717) is 5.39 Å². The lowest BCUT2D eigenvalue weighted by Gasteiger charge is -2.12. The van der Waals surface area contributed by atoms with Crippen molar-refractivity contribution in [2.45, 2.75) is 6.18 Å². The monoisotopic (exact) mass is 207 g/mol. The number of fused-ring (bicyclic) bond motifs is 1. The predicted molar refractivity (Wildman–Crippen MR) is 52.1 cm³/mol. The highest BCUT2D eigenvalue weighted by Crippen LogP contribution is 2.32. The Morgan fingerprint density at radius 1 is 1.13 bits per heavy atom. The summed E-state index contributed by atoms with van der Waals surface area (Å²) in [7, 11) is 5.24. The molecule has 0 N–H and O–H groups in total. The molecule has 2 aromatic rings. The largest absolute Gasteiger partial charge is 0.417 e. The van der Waals surface area contributed by atoms with Gasteiger partial charge in [0.25, 0.3) is 0 Å². The predicted octanol–water partition coefficient (Wildman–Crippen LogP) is 2.05. The van der Waals surface area contributed by atoms with Gasteiger partial charge in [0.05, 0.1) is 5.56 Å². The van der Waals surface area contributed by atoms with Crippen molar-refractivity contribution in [2.75, 3.05) is 0 Å². The maximum atomic E-state index is 12.7. The first-order valence-corrected chi connectivity index (χ1v) is 4.20. The molecule has 0 bridgehead atoms. The quantitative estimate of drug-likeness (QED) is 0.602. The van der Waals surface area contributed by atoms with Gasteiger partial charge in [-0.05, 0) is 5.39 Å². The third-order valence-corrected chi connectivity index (χ3v) is 2.11. The van der Waals surface area contributed by atoms with Gasteiger partial charge in [0.1, 0.15) is 7.85 Å². The van der Waals surface area contributed by atoms with E-state index in [2.05, 4.69) is 4.98 Å². The van der Waals surface area contributed by atoms with Crippen molar-refractivity contribution in [2.24, 2.45) is 0 Å². The molecule has 0 aliphatic rings. The molecule has 0 atom stereocenters. The van der Waals surface area contributed by atoms with Crippen LogP contribution in [0, 0.1) is 0 Å². The van der Waals surface area contributed by atoms with Gasteiger partial charge in [-0.3, -0.25) is 4.98 Å². The fourth-order valence-corrected chi connectivity index (χ4v) is 1.48. The molecule has 0 saturated carbocycles. The Morgan fingerprint density at radius 3 is 2.47 bits per heavy atom. The Morgan fingerprint density at radius 2 is 1.80 bits per heavy atom. The Balaban J connectivity index is 2.86. The maximum Gasteiger partial charge on any atom is 0.417 e. The van der Waals surface area contributed by atoms with E-state index < -0.39 is 17.3 Å². The first-order valence-electron chi connectivity index (χ1n) is 4.20. The van der Waals surface area contributed by atoms with Gasteiger partial charge >= 0.3 is 6.18 Å². The van der Waals surface area contributed by atoms with Crippen LogP contribution in [0.25, 0.3) is 10.8 Å². The van der Waals surface area contributed by atoms with Crippen LogP contribution in [-0.2, 0) is 6.18 Å². The van der Waals surface area contributed by atoms with E-state index in [1.807, 2.05) is 0 Å². The molecule has 0 spiro atoms. The molecule has 5 heteroatoms. The van der Waals surface area contributed by atoms with Gasteiger partial charge in [-0.1, -0.05) is 24.3 Å². The lowest BCUT2D eigenvalue weighted by Crippen LogP contribution is -2.23. The van der Waals surface area contributed by atoms with E-state index >= 15 is 0 Å². The lowest BCUT2D eigenvalue weighted by atomic mass is 9.93. The Hall–Kier alpha value is -1.52. The molecule has 74 valence electrons. The zero-order valence-corrected chi connectivity index (χ0v) is 7.55. The van der Waals surface area contributed by atoms with Crippen molar-refractivity contribution < 1.29 is 13.2 Å². The van der Waals surface area contributed by atoms with Crippen LogP contribution < -0.4 is 5.59 Å². The number of halogens is 3. The van der Waals surface area contributed by atoms with Crippen molar-refractivity contribution in [3.63, 3.8) is 0 Å².